The zero-order valence-electron chi connectivity index (χ0n) is 16.9. The SMILES string of the molecule is BC1=C(c2cccnc2)C2(C)CCC3C(CCC4=CC(=O)CCC43C)C2C1. The molecular weight excluding hydrogens is 329 g/mol. The van der Waals surface area contributed by atoms with Gasteiger partial charge in [0.25, 0.3) is 0 Å². The lowest BCUT2D eigenvalue weighted by atomic mass is 9.46. The fraction of sp³-hybridized carbons (Fsp3) is 0.583. The van der Waals surface area contributed by atoms with E-state index in [1.165, 1.54) is 36.8 Å². The van der Waals surface area contributed by atoms with Crippen molar-refractivity contribution < 1.29 is 4.79 Å². The van der Waals surface area contributed by atoms with Crippen LogP contribution in [-0.2, 0) is 4.79 Å². The molecule has 1 aromatic rings. The van der Waals surface area contributed by atoms with Gasteiger partial charge in [0.1, 0.15) is 7.85 Å². The molecule has 1 heterocycles. The largest absolute Gasteiger partial charge is 0.295 e. The van der Waals surface area contributed by atoms with E-state index in [0.717, 1.165) is 37.0 Å². The molecule has 5 atom stereocenters. The van der Waals surface area contributed by atoms with Gasteiger partial charge in [-0.05, 0) is 90.4 Å². The average Bonchev–Trinajstić information content (AvgIpc) is 2.93. The van der Waals surface area contributed by atoms with Crippen molar-refractivity contribution in [2.24, 2.45) is 28.6 Å². The highest BCUT2D eigenvalue weighted by atomic mass is 16.1. The van der Waals surface area contributed by atoms with Crippen molar-refractivity contribution in [1.29, 1.82) is 0 Å². The number of allylic oxidation sites excluding steroid dienone is 4. The Morgan fingerprint density at radius 1 is 1.11 bits per heavy atom. The van der Waals surface area contributed by atoms with E-state index in [0.29, 0.717) is 5.78 Å². The highest BCUT2D eigenvalue weighted by molar-refractivity contribution is 6.26. The van der Waals surface area contributed by atoms with Crippen LogP contribution < -0.4 is 0 Å². The van der Waals surface area contributed by atoms with Gasteiger partial charge in [0.15, 0.2) is 5.78 Å². The second kappa shape index (κ2) is 5.93. The molecule has 2 nitrogen and oxygen atoms in total. The summed E-state index contributed by atoms with van der Waals surface area (Å²) < 4.78 is 0. The van der Waals surface area contributed by atoms with Gasteiger partial charge in [-0.3, -0.25) is 9.78 Å². The zero-order valence-corrected chi connectivity index (χ0v) is 16.9. The summed E-state index contributed by atoms with van der Waals surface area (Å²) in [5.74, 6) is 2.66. The molecule has 4 aliphatic carbocycles. The molecule has 2 saturated carbocycles. The number of carbonyl (C=O) groups is 1. The first-order chi connectivity index (χ1) is 12.9. The van der Waals surface area contributed by atoms with Crippen LogP contribution in [0, 0.1) is 28.6 Å². The molecule has 0 saturated heterocycles. The van der Waals surface area contributed by atoms with Gasteiger partial charge in [0.2, 0.25) is 0 Å². The van der Waals surface area contributed by atoms with Gasteiger partial charge in [-0.15, -0.1) is 5.47 Å². The van der Waals surface area contributed by atoms with Gasteiger partial charge in [0.05, 0.1) is 0 Å². The molecule has 4 aliphatic rings. The minimum Gasteiger partial charge on any atom is -0.295 e. The molecule has 1 aromatic heterocycles. The van der Waals surface area contributed by atoms with E-state index in [2.05, 4.69) is 45.0 Å². The van der Waals surface area contributed by atoms with Crippen LogP contribution in [0.15, 0.2) is 41.6 Å². The van der Waals surface area contributed by atoms with E-state index in [-0.39, 0.29) is 10.8 Å². The van der Waals surface area contributed by atoms with Crippen molar-refractivity contribution in [3.05, 3.63) is 47.2 Å². The zero-order chi connectivity index (χ0) is 18.8. The normalized spacial score (nSPS) is 40.9. The third-order valence-corrected chi connectivity index (χ3v) is 8.83. The van der Waals surface area contributed by atoms with Gasteiger partial charge in [-0.1, -0.05) is 25.5 Å². The Labute approximate surface area is 163 Å². The molecule has 5 rings (SSSR count). The number of fused-ring (bicyclic) bond motifs is 5. The maximum Gasteiger partial charge on any atom is 0.155 e. The molecule has 0 aromatic carbocycles. The molecule has 0 N–H and O–H groups in total. The Hall–Kier alpha value is -1.64. The molecule has 27 heavy (non-hydrogen) atoms. The van der Waals surface area contributed by atoms with Crippen LogP contribution in [0.25, 0.3) is 5.57 Å². The number of ketones is 1. The molecule has 0 aliphatic heterocycles. The first-order valence-electron chi connectivity index (χ1n) is 10.8. The Kier molecular flexibility index (Phi) is 3.83. The lowest BCUT2D eigenvalue weighted by molar-refractivity contribution is -0.117. The van der Waals surface area contributed by atoms with Gasteiger partial charge in [-0.2, -0.15) is 0 Å². The van der Waals surface area contributed by atoms with E-state index in [1.807, 2.05) is 12.3 Å². The van der Waals surface area contributed by atoms with Crippen molar-refractivity contribution in [3.63, 3.8) is 0 Å². The summed E-state index contributed by atoms with van der Waals surface area (Å²) in [7, 11) is 2.36. The minimum absolute atomic E-state index is 0.267. The predicted octanol–water partition coefficient (Wildman–Crippen LogP) is 4.57. The van der Waals surface area contributed by atoms with Gasteiger partial charge < -0.3 is 0 Å². The quantitative estimate of drug-likeness (QED) is 0.688. The summed E-state index contributed by atoms with van der Waals surface area (Å²) >= 11 is 0. The van der Waals surface area contributed by atoms with Gasteiger partial charge in [-0.25, -0.2) is 0 Å². The molecule has 0 radical (unpaired) electrons. The Morgan fingerprint density at radius 3 is 2.74 bits per heavy atom. The number of pyridine rings is 1. The molecule has 2 fully saturated rings. The Morgan fingerprint density at radius 2 is 1.96 bits per heavy atom. The van der Waals surface area contributed by atoms with Crippen molar-refractivity contribution in [1.82, 2.24) is 4.98 Å². The second-order valence-electron chi connectivity index (χ2n) is 10.0. The van der Waals surface area contributed by atoms with Crippen molar-refractivity contribution >= 4 is 19.2 Å². The lowest BCUT2D eigenvalue weighted by Gasteiger charge is -2.58. The molecule has 0 amide bonds. The molecule has 140 valence electrons. The number of carbonyl (C=O) groups excluding carboxylic acids is 1. The fourth-order valence-corrected chi connectivity index (χ4v) is 7.57. The second-order valence-corrected chi connectivity index (χ2v) is 10.0. The van der Waals surface area contributed by atoms with E-state index in [4.69, 9.17) is 0 Å². The summed E-state index contributed by atoms with van der Waals surface area (Å²) in [5.41, 5.74) is 6.54. The van der Waals surface area contributed by atoms with E-state index in [9.17, 15) is 4.79 Å². The number of aromatic nitrogens is 1. The van der Waals surface area contributed by atoms with E-state index < -0.39 is 0 Å². The van der Waals surface area contributed by atoms with Crippen LogP contribution in [0.1, 0.15) is 64.4 Å². The maximum absolute atomic E-state index is 12.0. The smallest absolute Gasteiger partial charge is 0.155 e. The minimum atomic E-state index is 0.267. The van der Waals surface area contributed by atoms with Gasteiger partial charge >= 0.3 is 0 Å². The van der Waals surface area contributed by atoms with Crippen LogP contribution in [-0.4, -0.2) is 18.6 Å². The summed E-state index contributed by atoms with van der Waals surface area (Å²) in [6, 6.07) is 4.33. The maximum atomic E-state index is 12.0. The fourth-order valence-electron chi connectivity index (χ4n) is 7.57. The summed E-state index contributed by atoms with van der Waals surface area (Å²) in [5, 5.41) is 0. The topological polar surface area (TPSA) is 30.0 Å². The Bertz CT molecular complexity index is 856. The van der Waals surface area contributed by atoms with Gasteiger partial charge in [0, 0.05) is 18.8 Å². The number of nitrogens with zero attached hydrogens (tertiary/aromatic N) is 1. The van der Waals surface area contributed by atoms with Crippen LogP contribution in [0.4, 0.5) is 0 Å². The highest BCUT2D eigenvalue weighted by Crippen LogP contribution is 2.67. The molecule has 3 heteroatoms. The highest BCUT2D eigenvalue weighted by Gasteiger charge is 2.57. The third kappa shape index (κ3) is 2.39. The van der Waals surface area contributed by atoms with Crippen LogP contribution in [0.5, 0.6) is 0 Å². The number of hydrogen-bond donors (Lipinski definition) is 0. The van der Waals surface area contributed by atoms with Crippen molar-refractivity contribution in [2.45, 2.75) is 58.8 Å². The Balaban J connectivity index is 1.51. The standard InChI is InChI=1S/C24H30BNO/c1-23-9-7-17(27)12-16(23)5-6-18-19(23)8-10-24(2)20(18)13-21(25)22(24)15-4-3-11-26-14-15/h3-4,11-12,14,18-20H,5-10,13,25H2,1-2H3. The molecular formula is C24H30BNO. The lowest BCUT2D eigenvalue weighted by Crippen LogP contribution is -2.49. The first-order valence-corrected chi connectivity index (χ1v) is 10.8. The third-order valence-electron chi connectivity index (χ3n) is 8.83. The monoisotopic (exact) mass is 359 g/mol. The van der Waals surface area contributed by atoms with Crippen LogP contribution in [0.2, 0.25) is 0 Å². The summed E-state index contributed by atoms with van der Waals surface area (Å²) in [4.78, 5) is 16.4. The number of hydrogen-bond acceptors (Lipinski definition) is 2. The summed E-state index contributed by atoms with van der Waals surface area (Å²) in [6.07, 6.45) is 14.0. The predicted molar refractivity (Wildman–Crippen MR) is 112 cm³/mol. The molecule has 5 unspecified atom stereocenters. The van der Waals surface area contributed by atoms with Crippen molar-refractivity contribution in [2.75, 3.05) is 0 Å². The average molecular weight is 359 g/mol. The van der Waals surface area contributed by atoms with E-state index in [1.54, 1.807) is 11.0 Å². The van der Waals surface area contributed by atoms with Crippen LogP contribution in [0.3, 0.4) is 0 Å². The summed E-state index contributed by atoms with van der Waals surface area (Å²) in [6.45, 7) is 5.01. The number of rotatable bonds is 1. The first kappa shape index (κ1) is 17.5. The molecule has 0 bridgehead atoms. The molecule has 0 spiro atoms. The van der Waals surface area contributed by atoms with Crippen LogP contribution >= 0.6 is 0 Å². The van der Waals surface area contributed by atoms with Crippen molar-refractivity contribution in [3.8, 4) is 0 Å². The van der Waals surface area contributed by atoms with E-state index >= 15 is 0 Å².